The monoisotopic (exact) mass is 208 g/mol. The summed E-state index contributed by atoms with van der Waals surface area (Å²) in [6.07, 6.45) is 9.00. The summed E-state index contributed by atoms with van der Waals surface area (Å²) in [5.74, 6) is 2.75. The first kappa shape index (κ1) is 11.2. The van der Waals surface area contributed by atoms with Crippen molar-refractivity contribution in [1.29, 1.82) is 0 Å². The third-order valence-corrected chi connectivity index (χ3v) is 3.78. The summed E-state index contributed by atoms with van der Waals surface area (Å²) >= 11 is 0. The van der Waals surface area contributed by atoms with E-state index in [4.69, 9.17) is 0 Å². The van der Waals surface area contributed by atoms with Gasteiger partial charge in [0.15, 0.2) is 0 Å². The van der Waals surface area contributed by atoms with Crippen LogP contribution in [0, 0.1) is 17.8 Å². The summed E-state index contributed by atoms with van der Waals surface area (Å²) in [6.45, 7) is 3.61. The van der Waals surface area contributed by atoms with Crippen molar-refractivity contribution in [2.45, 2.75) is 19.3 Å². The van der Waals surface area contributed by atoms with E-state index in [2.05, 4.69) is 36.5 Å². The highest BCUT2D eigenvalue weighted by molar-refractivity contribution is 5.10. The molecule has 0 aromatic carbocycles. The lowest BCUT2D eigenvalue weighted by Crippen LogP contribution is -2.28. The van der Waals surface area contributed by atoms with E-state index >= 15 is 0 Å². The third kappa shape index (κ3) is 3.05. The molecule has 1 fully saturated rings. The summed E-state index contributed by atoms with van der Waals surface area (Å²) in [7, 11) is 4.28. The van der Waals surface area contributed by atoms with Crippen LogP contribution in [0.4, 0.5) is 0 Å². The molecule has 2 bridgehead atoms. The van der Waals surface area contributed by atoms with E-state index in [-0.39, 0.29) is 0 Å². The van der Waals surface area contributed by atoms with Crippen LogP contribution in [0.2, 0.25) is 0 Å². The highest BCUT2D eigenvalue weighted by atomic mass is 15.1. The smallest absolute Gasteiger partial charge is 0.00127 e. The fraction of sp³-hybridized carbons (Fsp3) is 0.846. The van der Waals surface area contributed by atoms with Gasteiger partial charge in [0, 0.05) is 0 Å². The maximum Gasteiger partial charge on any atom is -0.00127 e. The maximum atomic E-state index is 3.61. The number of rotatable bonds is 6. The minimum absolute atomic E-state index is 0.899. The number of nitrogens with zero attached hydrogens (tertiary/aromatic N) is 1. The number of hydrogen-bond acceptors (Lipinski definition) is 2. The maximum absolute atomic E-state index is 3.61. The second-order valence-corrected chi connectivity index (χ2v) is 5.40. The van der Waals surface area contributed by atoms with Crippen LogP contribution < -0.4 is 5.32 Å². The van der Waals surface area contributed by atoms with Crippen LogP contribution >= 0.6 is 0 Å². The zero-order valence-electron chi connectivity index (χ0n) is 10.1. The molecule has 3 unspecified atom stereocenters. The van der Waals surface area contributed by atoms with Crippen LogP contribution in [-0.2, 0) is 0 Å². The van der Waals surface area contributed by atoms with Gasteiger partial charge in [0.1, 0.15) is 0 Å². The number of fused-ring (bicyclic) bond motifs is 2. The van der Waals surface area contributed by atoms with E-state index in [9.17, 15) is 0 Å². The lowest BCUT2D eigenvalue weighted by atomic mass is 9.94. The molecule has 0 heterocycles. The Balaban J connectivity index is 1.54. The molecule has 2 nitrogen and oxygen atoms in total. The van der Waals surface area contributed by atoms with Crippen LogP contribution in [0.1, 0.15) is 19.3 Å². The molecule has 2 heteroatoms. The van der Waals surface area contributed by atoms with Crippen LogP contribution in [0.15, 0.2) is 12.2 Å². The minimum Gasteiger partial charge on any atom is -0.316 e. The Bertz CT molecular complexity index is 223. The molecule has 3 atom stereocenters. The predicted octanol–water partition coefficient (Wildman–Crippen LogP) is 1.74. The Kier molecular flexibility index (Phi) is 3.81. The minimum atomic E-state index is 0.899. The first-order chi connectivity index (χ1) is 7.25. The second-order valence-electron chi connectivity index (χ2n) is 5.40. The molecule has 1 N–H and O–H groups in total. The molecule has 0 aromatic rings. The summed E-state index contributed by atoms with van der Waals surface area (Å²) in [4.78, 5) is 2.25. The summed E-state index contributed by atoms with van der Waals surface area (Å²) in [5.41, 5.74) is 0. The highest BCUT2D eigenvalue weighted by Gasteiger charge is 2.34. The van der Waals surface area contributed by atoms with Crippen molar-refractivity contribution in [2.24, 2.45) is 17.8 Å². The average molecular weight is 208 g/mol. The van der Waals surface area contributed by atoms with Gasteiger partial charge in [-0.15, -0.1) is 0 Å². The molecule has 2 rings (SSSR count). The number of allylic oxidation sites excluding steroid dienone is 2. The van der Waals surface area contributed by atoms with Crippen molar-refractivity contribution in [3.8, 4) is 0 Å². The zero-order chi connectivity index (χ0) is 10.7. The molecule has 0 saturated heterocycles. The van der Waals surface area contributed by atoms with Gasteiger partial charge in [-0.3, -0.25) is 0 Å². The first-order valence-electron chi connectivity index (χ1n) is 6.29. The average Bonchev–Trinajstić information content (AvgIpc) is 2.78. The second kappa shape index (κ2) is 5.13. The van der Waals surface area contributed by atoms with Gasteiger partial charge in [0.25, 0.3) is 0 Å². The van der Waals surface area contributed by atoms with Gasteiger partial charge in [0.05, 0.1) is 0 Å². The molecule has 86 valence electrons. The summed E-state index contributed by atoms with van der Waals surface area (Å²) in [6, 6.07) is 0. The molecule has 2 aliphatic rings. The van der Waals surface area contributed by atoms with E-state index < -0.39 is 0 Å². The molecule has 0 spiro atoms. The quantitative estimate of drug-likeness (QED) is 0.528. The Labute approximate surface area is 93.7 Å². The molecule has 0 amide bonds. The summed E-state index contributed by atoms with van der Waals surface area (Å²) in [5, 5.41) is 3.61. The van der Waals surface area contributed by atoms with E-state index in [0.29, 0.717) is 0 Å². The van der Waals surface area contributed by atoms with Crippen LogP contribution in [0.3, 0.4) is 0 Å². The fourth-order valence-corrected chi connectivity index (χ4v) is 2.94. The SMILES string of the molecule is CN(C)CCCNCC1CC2C=CC1C2. The Hall–Kier alpha value is -0.340. The number of nitrogens with one attached hydrogen (secondary N) is 1. The van der Waals surface area contributed by atoms with Gasteiger partial charge >= 0.3 is 0 Å². The van der Waals surface area contributed by atoms with Crippen molar-refractivity contribution in [1.82, 2.24) is 10.2 Å². The molecule has 1 saturated carbocycles. The van der Waals surface area contributed by atoms with E-state index in [0.717, 1.165) is 17.8 Å². The fourth-order valence-electron chi connectivity index (χ4n) is 2.94. The topological polar surface area (TPSA) is 15.3 Å². The van der Waals surface area contributed by atoms with Gasteiger partial charge < -0.3 is 10.2 Å². The molecule has 15 heavy (non-hydrogen) atoms. The van der Waals surface area contributed by atoms with Crippen LogP contribution in [0.25, 0.3) is 0 Å². The number of hydrogen-bond donors (Lipinski definition) is 1. The molecule has 0 aromatic heterocycles. The normalized spacial score (nSPS) is 33.1. The van der Waals surface area contributed by atoms with Gasteiger partial charge in [-0.2, -0.15) is 0 Å². The molecule has 2 aliphatic carbocycles. The third-order valence-electron chi connectivity index (χ3n) is 3.78. The molecular formula is C13H24N2. The van der Waals surface area contributed by atoms with Crippen molar-refractivity contribution >= 4 is 0 Å². The molecule has 0 aliphatic heterocycles. The van der Waals surface area contributed by atoms with Crippen molar-refractivity contribution in [3.05, 3.63) is 12.2 Å². The Morgan fingerprint density at radius 3 is 2.73 bits per heavy atom. The van der Waals surface area contributed by atoms with Crippen molar-refractivity contribution < 1.29 is 0 Å². The van der Waals surface area contributed by atoms with E-state index in [1.165, 1.54) is 38.9 Å². The van der Waals surface area contributed by atoms with Gasteiger partial charge in [-0.1, -0.05) is 12.2 Å². The lowest BCUT2D eigenvalue weighted by Gasteiger charge is -2.18. The van der Waals surface area contributed by atoms with Crippen molar-refractivity contribution in [3.63, 3.8) is 0 Å². The van der Waals surface area contributed by atoms with Crippen molar-refractivity contribution in [2.75, 3.05) is 33.7 Å². The van der Waals surface area contributed by atoms with E-state index in [1.54, 1.807) is 0 Å². The van der Waals surface area contributed by atoms with Crippen LogP contribution in [0.5, 0.6) is 0 Å². The largest absolute Gasteiger partial charge is 0.316 e. The van der Waals surface area contributed by atoms with Crippen LogP contribution in [-0.4, -0.2) is 38.6 Å². The molecular weight excluding hydrogens is 184 g/mol. The zero-order valence-corrected chi connectivity index (χ0v) is 10.1. The van der Waals surface area contributed by atoms with Gasteiger partial charge in [0.2, 0.25) is 0 Å². The Morgan fingerprint density at radius 1 is 1.27 bits per heavy atom. The molecule has 0 radical (unpaired) electrons. The lowest BCUT2D eigenvalue weighted by molar-refractivity contribution is 0.376. The highest BCUT2D eigenvalue weighted by Crippen LogP contribution is 2.42. The van der Waals surface area contributed by atoms with Gasteiger partial charge in [-0.05, 0) is 70.7 Å². The first-order valence-corrected chi connectivity index (χ1v) is 6.29. The standard InChI is InChI=1S/C13H24N2/c1-15(2)7-3-6-14-10-13-9-11-4-5-12(13)8-11/h4-5,11-14H,3,6-10H2,1-2H3. The van der Waals surface area contributed by atoms with Gasteiger partial charge in [-0.25, -0.2) is 0 Å². The van der Waals surface area contributed by atoms with E-state index in [1.807, 2.05) is 0 Å². The predicted molar refractivity (Wildman–Crippen MR) is 64.9 cm³/mol. The summed E-state index contributed by atoms with van der Waals surface area (Å²) < 4.78 is 0. The Morgan fingerprint density at radius 2 is 2.13 bits per heavy atom.